The Kier molecular flexibility index (Phi) is 6.40. The number of amides is 2. The third-order valence-electron chi connectivity index (χ3n) is 6.78. The largest absolute Gasteiger partial charge is 0.490 e. The van der Waals surface area contributed by atoms with E-state index in [1.165, 1.54) is 24.2 Å². The zero-order chi connectivity index (χ0) is 21.1. The van der Waals surface area contributed by atoms with Crippen LogP contribution in [-0.4, -0.2) is 29.4 Å². The summed E-state index contributed by atoms with van der Waals surface area (Å²) in [6.07, 6.45) is 10.3. The minimum atomic E-state index is -0.164. The molecular weight excluding hydrogens is 374 g/mol. The van der Waals surface area contributed by atoms with E-state index in [1.54, 1.807) is 0 Å². The average Bonchev–Trinajstić information content (AvgIpc) is 2.78. The highest BCUT2D eigenvalue weighted by Gasteiger charge is 2.34. The Morgan fingerprint density at radius 3 is 2.43 bits per heavy atom. The molecule has 1 heterocycles. The van der Waals surface area contributed by atoms with Crippen LogP contribution in [0.1, 0.15) is 92.4 Å². The van der Waals surface area contributed by atoms with Crippen LogP contribution in [0.15, 0.2) is 30.3 Å². The summed E-state index contributed by atoms with van der Waals surface area (Å²) >= 11 is 0. The molecule has 2 aromatic carbocycles. The number of hydrogen-bond donors (Lipinski definition) is 0. The van der Waals surface area contributed by atoms with E-state index in [4.69, 9.17) is 4.74 Å². The van der Waals surface area contributed by atoms with Gasteiger partial charge in [-0.1, -0.05) is 51.7 Å². The smallest absolute Gasteiger partial charge is 0.261 e. The summed E-state index contributed by atoms with van der Waals surface area (Å²) in [5.41, 5.74) is 1.25. The molecule has 0 aromatic heterocycles. The van der Waals surface area contributed by atoms with Crippen LogP contribution in [0.5, 0.6) is 5.75 Å². The predicted molar refractivity (Wildman–Crippen MR) is 120 cm³/mol. The van der Waals surface area contributed by atoms with Gasteiger partial charge in [-0.25, -0.2) is 0 Å². The lowest BCUT2D eigenvalue weighted by Gasteiger charge is -2.31. The van der Waals surface area contributed by atoms with Crippen LogP contribution in [0.25, 0.3) is 10.8 Å². The van der Waals surface area contributed by atoms with E-state index in [1.807, 2.05) is 30.3 Å². The number of unbranched alkanes of at least 4 members (excludes halogenated alkanes) is 1. The Bertz CT molecular complexity index is 907. The number of rotatable bonds is 8. The van der Waals surface area contributed by atoms with Gasteiger partial charge in [-0.3, -0.25) is 14.5 Å². The zero-order valence-corrected chi connectivity index (χ0v) is 18.3. The Morgan fingerprint density at radius 2 is 1.73 bits per heavy atom. The molecule has 4 heteroatoms. The summed E-state index contributed by atoms with van der Waals surface area (Å²) < 4.78 is 6.33. The first-order valence-electron chi connectivity index (χ1n) is 11.7. The van der Waals surface area contributed by atoms with Gasteiger partial charge < -0.3 is 4.74 Å². The fourth-order valence-electron chi connectivity index (χ4n) is 4.93. The molecule has 2 amide bonds. The molecule has 0 radical (unpaired) electrons. The van der Waals surface area contributed by atoms with Crippen molar-refractivity contribution < 1.29 is 14.3 Å². The molecule has 4 nitrogen and oxygen atoms in total. The molecule has 1 aliphatic heterocycles. The highest BCUT2D eigenvalue weighted by molar-refractivity contribution is 6.26. The van der Waals surface area contributed by atoms with Gasteiger partial charge in [0, 0.05) is 28.4 Å². The molecule has 0 spiro atoms. The topological polar surface area (TPSA) is 46.6 Å². The van der Waals surface area contributed by atoms with Crippen molar-refractivity contribution in [3.05, 3.63) is 41.5 Å². The summed E-state index contributed by atoms with van der Waals surface area (Å²) in [7, 11) is 0. The number of imide groups is 1. The summed E-state index contributed by atoms with van der Waals surface area (Å²) in [6, 6.07) is 9.53. The molecule has 2 aliphatic rings. The van der Waals surface area contributed by atoms with Crippen molar-refractivity contribution >= 4 is 22.6 Å². The number of benzene rings is 2. The molecular formula is C26H33NO3. The van der Waals surface area contributed by atoms with Crippen molar-refractivity contribution in [1.82, 2.24) is 4.90 Å². The fourth-order valence-corrected chi connectivity index (χ4v) is 4.93. The lowest BCUT2D eigenvalue weighted by molar-refractivity contribution is 0.0580. The van der Waals surface area contributed by atoms with Gasteiger partial charge in [-0.2, -0.15) is 0 Å². The number of carbonyl (C=O) groups excluding carboxylic acids is 2. The Hall–Kier alpha value is -2.36. The van der Waals surface area contributed by atoms with Crippen molar-refractivity contribution in [1.29, 1.82) is 0 Å². The molecule has 1 fully saturated rings. The minimum absolute atomic E-state index is 0.164. The van der Waals surface area contributed by atoms with Gasteiger partial charge >= 0.3 is 0 Å². The first-order chi connectivity index (χ1) is 14.6. The maximum Gasteiger partial charge on any atom is 0.261 e. The van der Waals surface area contributed by atoms with Crippen LogP contribution < -0.4 is 4.74 Å². The minimum Gasteiger partial charge on any atom is -0.490 e. The van der Waals surface area contributed by atoms with Crippen LogP contribution >= 0.6 is 0 Å². The second-order valence-electron chi connectivity index (χ2n) is 8.85. The summed E-state index contributed by atoms with van der Waals surface area (Å²) in [5, 5.41) is 1.65. The molecule has 1 aliphatic carbocycles. The standard InChI is InChI=1S/C26H33NO3/c1-3-5-10-18(4-2)17-27-25(28)21-14-9-13-20-23(30-19-11-7-6-8-12-19)16-15-22(24(20)21)26(27)29/h9,13-16,18-19H,3-8,10-12,17H2,1-2H3. The quantitative estimate of drug-likeness (QED) is 0.478. The van der Waals surface area contributed by atoms with E-state index >= 15 is 0 Å². The Labute approximate surface area is 179 Å². The second-order valence-corrected chi connectivity index (χ2v) is 8.85. The normalized spacial score (nSPS) is 18.1. The molecule has 0 saturated heterocycles. The molecule has 0 bridgehead atoms. The number of hydrogen-bond acceptors (Lipinski definition) is 3. The molecule has 1 saturated carbocycles. The van der Waals surface area contributed by atoms with Crippen LogP contribution in [0.2, 0.25) is 0 Å². The van der Waals surface area contributed by atoms with Gasteiger partial charge in [-0.15, -0.1) is 0 Å². The molecule has 1 unspecified atom stereocenters. The SMILES string of the molecule is CCCCC(CC)CN1C(=O)c2cccc3c(OC4CCCCC4)ccc(c23)C1=O. The van der Waals surface area contributed by atoms with Crippen LogP contribution in [0, 0.1) is 5.92 Å². The first kappa shape index (κ1) is 20.9. The van der Waals surface area contributed by atoms with Crippen molar-refractivity contribution in [2.45, 2.75) is 77.7 Å². The van der Waals surface area contributed by atoms with Crippen LogP contribution in [0.4, 0.5) is 0 Å². The van der Waals surface area contributed by atoms with E-state index in [0.717, 1.165) is 55.0 Å². The predicted octanol–water partition coefficient (Wildman–Crippen LogP) is 6.36. The lowest BCUT2D eigenvalue weighted by atomic mass is 9.91. The summed E-state index contributed by atoms with van der Waals surface area (Å²) in [6.45, 7) is 4.82. The number of ether oxygens (including phenoxy) is 1. The van der Waals surface area contributed by atoms with Crippen molar-refractivity contribution in [3.8, 4) is 5.75 Å². The Balaban J connectivity index is 1.66. The van der Waals surface area contributed by atoms with E-state index in [2.05, 4.69) is 13.8 Å². The van der Waals surface area contributed by atoms with Crippen molar-refractivity contribution in [2.24, 2.45) is 5.92 Å². The maximum atomic E-state index is 13.3. The molecule has 2 aromatic rings. The number of nitrogens with zero attached hydrogens (tertiary/aromatic N) is 1. The lowest BCUT2D eigenvalue weighted by Crippen LogP contribution is -2.43. The van der Waals surface area contributed by atoms with Gasteiger partial charge in [-0.05, 0) is 56.2 Å². The van der Waals surface area contributed by atoms with E-state index in [0.29, 0.717) is 23.6 Å². The molecule has 4 rings (SSSR count). The van der Waals surface area contributed by atoms with Gasteiger partial charge in [0.05, 0.1) is 6.10 Å². The molecule has 160 valence electrons. The maximum absolute atomic E-state index is 13.3. The van der Waals surface area contributed by atoms with Gasteiger partial charge in [0.1, 0.15) is 5.75 Å². The summed E-state index contributed by atoms with van der Waals surface area (Å²) in [5.74, 6) is 0.823. The van der Waals surface area contributed by atoms with Crippen molar-refractivity contribution in [3.63, 3.8) is 0 Å². The second kappa shape index (κ2) is 9.20. The van der Waals surface area contributed by atoms with E-state index in [-0.39, 0.29) is 17.9 Å². The van der Waals surface area contributed by atoms with Crippen LogP contribution in [0.3, 0.4) is 0 Å². The van der Waals surface area contributed by atoms with Gasteiger partial charge in [0.2, 0.25) is 0 Å². The first-order valence-corrected chi connectivity index (χ1v) is 11.7. The summed E-state index contributed by atoms with van der Waals surface area (Å²) in [4.78, 5) is 28.1. The third kappa shape index (κ3) is 3.97. The van der Waals surface area contributed by atoms with Crippen molar-refractivity contribution in [2.75, 3.05) is 6.54 Å². The highest BCUT2D eigenvalue weighted by atomic mass is 16.5. The monoisotopic (exact) mass is 407 g/mol. The van der Waals surface area contributed by atoms with Gasteiger partial charge in [0.15, 0.2) is 0 Å². The Morgan fingerprint density at radius 1 is 1.00 bits per heavy atom. The molecule has 1 atom stereocenters. The molecule has 30 heavy (non-hydrogen) atoms. The third-order valence-corrected chi connectivity index (χ3v) is 6.78. The van der Waals surface area contributed by atoms with Crippen LogP contribution in [-0.2, 0) is 0 Å². The zero-order valence-electron chi connectivity index (χ0n) is 18.3. The number of carbonyl (C=O) groups is 2. The molecule has 0 N–H and O–H groups in total. The average molecular weight is 408 g/mol. The highest BCUT2D eigenvalue weighted by Crippen LogP contribution is 2.37. The van der Waals surface area contributed by atoms with Gasteiger partial charge in [0.25, 0.3) is 11.8 Å². The fraction of sp³-hybridized carbons (Fsp3) is 0.538. The van der Waals surface area contributed by atoms with E-state index in [9.17, 15) is 9.59 Å². The van der Waals surface area contributed by atoms with E-state index < -0.39 is 0 Å².